The smallest absolute Gasteiger partial charge is 0.317 e. The number of likely N-dealkylation sites (tertiary alicyclic amines) is 1. The van der Waals surface area contributed by atoms with E-state index in [2.05, 4.69) is 17.1 Å². The van der Waals surface area contributed by atoms with E-state index in [1.54, 1.807) is 31.3 Å². The topological polar surface area (TPSA) is 76.3 Å². The molecule has 1 aromatic heterocycles. The molecule has 7 nitrogen and oxygen atoms in total. The van der Waals surface area contributed by atoms with Crippen LogP contribution in [0.25, 0.3) is 11.0 Å². The molecule has 0 spiro atoms. The molecule has 0 saturated carbocycles. The van der Waals surface area contributed by atoms with Crippen LogP contribution in [0.15, 0.2) is 33.9 Å². The third-order valence-corrected chi connectivity index (χ3v) is 5.01. The number of aryl methyl sites for hydroxylation is 1. The molecule has 1 N–H and O–H groups in total. The van der Waals surface area contributed by atoms with Gasteiger partial charge in [-0.1, -0.05) is 19.1 Å². The highest BCUT2D eigenvalue weighted by molar-refractivity contribution is 5.80. The number of carbonyl (C=O) groups is 1. The fourth-order valence-electron chi connectivity index (χ4n) is 3.58. The fraction of sp³-hybridized carbons (Fsp3) is 0.500. The molecule has 1 aliphatic heterocycles. The van der Waals surface area contributed by atoms with Crippen molar-refractivity contribution in [1.82, 2.24) is 19.4 Å². The number of benzene rings is 1. The molecule has 0 radical (unpaired) electrons. The Kier molecular flexibility index (Phi) is 5.03. The monoisotopic (exact) mass is 344 g/mol. The zero-order chi connectivity index (χ0) is 18.0. The Morgan fingerprint density at radius 1 is 1.20 bits per heavy atom. The number of aromatic nitrogens is 2. The molecule has 2 heterocycles. The summed E-state index contributed by atoms with van der Waals surface area (Å²) in [5.41, 5.74) is -0.0829. The van der Waals surface area contributed by atoms with E-state index in [1.807, 2.05) is 0 Å². The summed E-state index contributed by atoms with van der Waals surface area (Å²) in [6, 6.07) is 7.46. The molecular weight excluding hydrogens is 320 g/mol. The fourth-order valence-corrected chi connectivity index (χ4v) is 3.58. The summed E-state index contributed by atoms with van der Waals surface area (Å²) in [6.07, 6.45) is 2.22. The van der Waals surface area contributed by atoms with Crippen molar-refractivity contribution in [2.45, 2.75) is 32.4 Å². The number of hydrogen-bond acceptors (Lipinski definition) is 4. The maximum Gasteiger partial charge on any atom is 0.317 e. The predicted molar refractivity (Wildman–Crippen MR) is 96.7 cm³/mol. The summed E-state index contributed by atoms with van der Waals surface area (Å²) in [6.45, 7) is 4.58. The van der Waals surface area contributed by atoms with Crippen molar-refractivity contribution in [3.05, 3.63) is 45.0 Å². The van der Waals surface area contributed by atoms with E-state index in [0.717, 1.165) is 25.9 Å². The number of nitrogens with zero attached hydrogens (tertiary/aromatic N) is 3. The Morgan fingerprint density at radius 3 is 2.64 bits per heavy atom. The molecule has 1 atom stereocenters. The summed E-state index contributed by atoms with van der Waals surface area (Å²) < 4.78 is 2.59. The van der Waals surface area contributed by atoms with Gasteiger partial charge in [0.15, 0.2) is 0 Å². The number of likely N-dealkylation sites (N-methyl/N-ethyl adjacent to an activating group) is 1. The summed E-state index contributed by atoms with van der Waals surface area (Å²) in [4.78, 5) is 39.2. The lowest BCUT2D eigenvalue weighted by atomic mass is 10.2. The van der Waals surface area contributed by atoms with Crippen molar-refractivity contribution < 1.29 is 4.79 Å². The second-order valence-corrected chi connectivity index (χ2v) is 6.47. The first-order valence-electron chi connectivity index (χ1n) is 8.72. The van der Waals surface area contributed by atoms with E-state index in [4.69, 9.17) is 0 Å². The Hall–Kier alpha value is -2.41. The summed E-state index contributed by atoms with van der Waals surface area (Å²) in [5, 5.41) is 2.91. The lowest BCUT2D eigenvalue weighted by Crippen LogP contribution is -2.45. The van der Waals surface area contributed by atoms with E-state index in [9.17, 15) is 14.4 Å². The number of para-hydroxylation sites is 2. The summed E-state index contributed by atoms with van der Waals surface area (Å²) in [7, 11) is 1.57. The van der Waals surface area contributed by atoms with Gasteiger partial charge in [-0.05, 0) is 38.1 Å². The summed E-state index contributed by atoms with van der Waals surface area (Å²) >= 11 is 0. The minimum absolute atomic E-state index is 0.145. The minimum atomic E-state index is -0.674. The van der Waals surface area contributed by atoms with Crippen LogP contribution in [-0.2, 0) is 18.4 Å². The van der Waals surface area contributed by atoms with Gasteiger partial charge in [0.05, 0.1) is 11.0 Å². The van der Waals surface area contributed by atoms with Gasteiger partial charge in [0.1, 0.15) is 6.54 Å². The molecule has 2 aromatic rings. The molecule has 1 aromatic carbocycles. The highest BCUT2D eigenvalue weighted by atomic mass is 16.2. The van der Waals surface area contributed by atoms with Crippen molar-refractivity contribution in [1.29, 1.82) is 0 Å². The maximum atomic E-state index is 12.4. The first-order chi connectivity index (χ1) is 12.0. The van der Waals surface area contributed by atoms with Crippen LogP contribution in [0.2, 0.25) is 0 Å². The van der Waals surface area contributed by atoms with Gasteiger partial charge in [-0.2, -0.15) is 0 Å². The Morgan fingerprint density at radius 2 is 1.92 bits per heavy atom. The minimum Gasteiger partial charge on any atom is -0.353 e. The van der Waals surface area contributed by atoms with Crippen LogP contribution in [0.4, 0.5) is 0 Å². The molecule has 1 amide bonds. The first-order valence-corrected chi connectivity index (χ1v) is 8.72. The van der Waals surface area contributed by atoms with Crippen LogP contribution in [0.3, 0.4) is 0 Å². The Bertz CT molecular complexity index is 899. The van der Waals surface area contributed by atoms with Crippen LogP contribution in [0, 0.1) is 0 Å². The highest BCUT2D eigenvalue weighted by Crippen LogP contribution is 2.15. The maximum absolute atomic E-state index is 12.4. The van der Waals surface area contributed by atoms with Crippen molar-refractivity contribution >= 4 is 16.9 Å². The molecule has 0 bridgehead atoms. The van der Waals surface area contributed by atoms with E-state index in [1.165, 1.54) is 9.13 Å². The van der Waals surface area contributed by atoms with E-state index < -0.39 is 11.1 Å². The van der Waals surface area contributed by atoms with Gasteiger partial charge in [0.25, 0.3) is 0 Å². The number of rotatable bonds is 5. The van der Waals surface area contributed by atoms with Gasteiger partial charge < -0.3 is 9.88 Å². The number of nitrogens with one attached hydrogen (secondary N) is 1. The number of hydrogen-bond donors (Lipinski definition) is 1. The van der Waals surface area contributed by atoms with Gasteiger partial charge in [0.2, 0.25) is 5.91 Å². The second-order valence-electron chi connectivity index (χ2n) is 6.47. The van der Waals surface area contributed by atoms with Gasteiger partial charge in [-0.25, -0.2) is 0 Å². The molecule has 1 fully saturated rings. The van der Waals surface area contributed by atoms with Gasteiger partial charge in [0, 0.05) is 19.6 Å². The molecule has 1 saturated heterocycles. The summed E-state index contributed by atoms with van der Waals surface area (Å²) in [5.74, 6) is -0.247. The Balaban J connectivity index is 1.80. The van der Waals surface area contributed by atoms with Crippen molar-refractivity contribution in [2.24, 2.45) is 7.05 Å². The van der Waals surface area contributed by atoms with Crippen molar-refractivity contribution in [3.63, 3.8) is 0 Å². The molecule has 0 aliphatic carbocycles. The zero-order valence-corrected chi connectivity index (χ0v) is 14.7. The molecule has 25 heavy (non-hydrogen) atoms. The third kappa shape index (κ3) is 3.37. The number of amides is 1. The predicted octanol–water partition coefficient (Wildman–Crippen LogP) is 0.301. The third-order valence-electron chi connectivity index (χ3n) is 5.01. The molecular formula is C18H24N4O3. The van der Waals surface area contributed by atoms with Crippen LogP contribution < -0.4 is 16.4 Å². The molecule has 7 heteroatoms. The van der Waals surface area contributed by atoms with Crippen LogP contribution in [-0.4, -0.2) is 45.6 Å². The normalized spacial score (nSPS) is 17.9. The average molecular weight is 344 g/mol. The highest BCUT2D eigenvalue weighted by Gasteiger charge is 2.23. The van der Waals surface area contributed by atoms with Crippen molar-refractivity contribution in [3.8, 4) is 0 Å². The average Bonchev–Trinajstić information content (AvgIpc) is 3.09. The molecule has 3 rings (SSSR count). The van der Waals surface area contributed by atoms with Gasteiger partial charge in [-0.15, -0.1) is 0 Å². The van der Waals surface area contributed by atoms with Crippen LogP contribution >= 0.6 is 0 Å². The SMILES string of the molecule is CCN1CCC[C@@H]1CNC(=O)Cn1c(=O)c(=O)n(C)c2ccccc21. The second kappa shape index (κ2) is 7.23. The molecule has 134 valence electrons. The van der Waals surface area contributed by atoms with Crippen LogP contribution in [0.1, 0.15) is 19.8 Å². The lowest BCUT2D eigenvalue weighted by Gasteiger charge is -2.23. The Labute approximate surface area is 145 Å². The van der Waals surface area contributed by atoms with E-state index in [-0.39, 0.29) is 12.5 Å². The quantitative estimate of drug-likeness (QED) is 0.792. The van der Waals surface area contributed by atoms with E-state index in [0.29, 0.717) is 23.6 Å². The van der Waals surface area contributed by atoms with Gasteiger partial charge >= 0.3 is 11.1 Å². The largest absolute Gasteiger partial charge is 0.353 e. The molecule has 0 unspecified atom stereocenters. The lowest BCUT2D eigenvalue weighted by molar-refractivity contribution is -0.121. The van der Waals surface area contributed by atoms with Crippen LogP contribution in [0.5, 0.6) is 0 Å². The number of fused-ring (bicyclic) bond motifs is 1. The standard InChI is InChI=1S/C18H24N4O3/c1-3-21-10-6-7-13(21)11-19-16(23)12-22-15-9-5-4-8-14(15)20(2)17(24)18(22)25/h4-5,8-9,13H,3,6-7,10-12H2,1-2H3,(H,19,23)/t13-/m1/s1. The number of carbonyl (C=O) groups excluding carboxylic acids is 1. The zero-order valence-electron chi connectivity index (χ0n) is 14.7. The first kappa shape index (κ1) is 17.4. The molecule has 1 aliphatic rings. The van der Waals surface area contributed by atoms with Gasteiger partial charge in [-0.3, -0.25) is 23.9 Å². The van der Waals surface area contributed by atoms with E-state index >= 15 is 0 Å². The van der Waals surface area contributed by atoms with Crippen molar-refractivity contribution in [2.75, 3.05) is 19.6 Å².